The number of Topliss-reactive ketones (excluding diaryl/α,β-unsaturated/α-hetero) is 1. The van der Waals surface area contributed by atoms with Gasteiger partial charge in [-0.2, -0.15) is 0 Å². The van der Waals surface area contributed by atoms with Crippen molar-refractivity contribution in [3.63, 3.8) is 0 Å². The maximum Gasteiger partial charge on any atom is 0.188 e. The second kappa shape index (κ2) is 7.08. The van der Waals surface area contributed by atoms with Crippen LogP contribution in [0.25, 0.3) is 0 Å². The molecule has 2 aromatic rings. The van der Waals surface area contributed by atoms with Crippen LogP contribution in [0.2, 0.25) is 5.02 Å². The van der Waals surface area contributed by atoms with Gasteiger partial charge in [0.1, 0.15) is 12.4 Å². The zero-order chi connectivity index (χ0) is 14.4. The van der Waals surface area contributed by atoms with E-state index in [1.54, 1.807) is 31.4 Å². The minimum atomic E-state index is -0.0652. The Labute approximate surface area is 123 Å². The Morgan fingerprint density at radius 1 is 1.15 bits per heavy atom. The number of halogens is 1. The van der Waals surface area contributed by atoms with Crippen LogP contribution in [-0.4, -0.2) is 19.5 Å². The first kappa shape index (κ1) is 14.6. The van der Waals surface area contributed by atoms with Crippen LogP contribution in [0.4, 0.5) is 0 Å². The van der Waals surface area contributed by atoms with E-state index >= 15 is 0 Å². The first-order valence-corrected chi connectivity index (χ1v) is 6.56. The van der Waals surface area contributed by atoms with Crippen molar-refractivity contribution in [2.75, 3.05) is 13.7 Å². The third-order valence-corrected chi connectivity index (χ3v) is 3.05. The van der Waals surface area contributed by atoms with Crippen molar-refractivity contribution in [1.29, 1.82) is 0 Å². The van der Waals surface area contributed by atoms with E-state index in [-0.39, 0.29) is 12.4 Å². The maximum atomic E-state index is 11.9. The minimum absolute atomic E-state index is 0.0405. The fourth-order valence-electron chi connectivity index (χ4n) is 1.74. The molecule has 104 valence electrons. The van der Waals surface area contributed by atoms with Gasteiger partial charge < -0.3 is 9.47 Å². The van der Waals surface area contributed by atoms with Crippen molar-refractivity contribution in [2.24, 2.45) is 0 Å². The van der Waals surface area contributed by atoms with Gasteiger partial charge in [0.05, 0.1) is 13.7 Å². The summed E-state index contributed by atoms with van der Waals surface area (Å²) in [6, 6.07) is 14.3. The molecular weight excluding hydrogens is 276 g/mol. The van der Waals surface area contributed by atoms with Gasteiger partial charge in [-0.25, -0.2) is 0 Å². The Morgan fingerprint density at radius 3 is 2.60 bits per heavy atom. The predicted octanol–water partition coefficient (Wildman–Crippen LogP) is 3.75. The monoisotopic (exact) mass is 290 g/mol. The van der Waals surface area contributed by atoms with E-state index in [2.05, 4.69) is 0 Å². The molecule has 0 aliphatic carbocycles. The van der Waals surface area contributed by atoms with Crippen molar-refractivity contribution in [3.8, 4) is 5.75 Å². The normalized spacial score (nSPS) is 10.3. The standard InChI is InChI=1S/C16H15ClO3/c1-19-15-4-2-3-12(9-15)10-20-11-16(18)13-5-7-14(17)8-6-13/h2-9H,10-11H2,1H3. The van der Waals surface area contributed by atoms with E-state index < -0.39 is 0 Å². The Balaban J connectivity index is 1.86. The molecule has 0 N–H and O–H groups in total. The average Bonchev–Trinajstić information content (AvgIpc) is 2.48. The molecule has 0 bridgehead atoms. The van der Waals surface area contributed by atoms with Gasteiger partial charge in [-0.05, 0) is 42.0 Å². The summed E-state index contributed by atoms with van der Waals surface area (Å²) >= 11 is 5.77. The zero-order valence-electron chi connectivity index (χ0n) is 11.1. The van der Waals surface area contributed by atoms with Crippen molar-refractivity contribution < 1.29 is 14.3 Å². The van der Waals surface area contributed by atoms with Gasteiger partial charge in [-0.3, -0.25) is 4.79 Å². The number of hydrogen-bond acceptors (Lipinski definition) is 3. The van der Waals surface area contributed by atoms with Crippen LogP contribution in [0.5, 0.6) is 5.75 Å². The molecule has 0 fully saturated rings. The van der Waals surface area contributed by atoms with E-state index in [0.717, 1.165) is 11.3 Å². The number of hydrogen-bond donors (Lipinski definition) is 0. The molecule has 0 amide bonds. The molecule has 0 spiro atoms. The summed E-state index contributed by atoms with van der Waals surface area (Å²) < 4.78 is 10.6. The van der Waals surface area contributed by atoms with Crippen molar-refractivity contribution in [3.05, 3.63) is 64.7 Å². The number of methoxy groups -OCH3 is 1. The molecular formula is C16H15ClO3. The molecule has 0 radical (unpaired) electrons. The highest BCUT2D eigenvalue weighted by Crippen LogP contribution is 2.14. The van der Waals surface area contributed by atoms with E-state index in [9.17, 15) is 4.79 Å². The second-order valence-corrected chi connectivity index (χ2v) is 4.71. The Bertz CT molecular complexity index is 579. The predicted molar refractivity (Wildman–Crippen MR) is 78.4 cm³/mol. The number of ether oxygens (including phenoxy) is 2. The molecule has 0 aromatic heterocycles. The molecule has 0 saturated heterocycles. The van der Waals surface area contributed by atoms with Gasteiger partial charge in [0.2, 0.25) is 0 Å². The molecule has 2 aromatic carbocycles. The van der Waals surface area contributed by atoms with Crippen LogP contribution < -0.4 is 4.74 Å². The quantitative estimate of drug-likeness (QED) is 0.760. The molecule has 0 atom stereocenters. The molecule has 0 aliphatic rings. The van der Waals surface area contributed by atoms with Gasteiger partial charge in [-0.1, -0.05) is 23.7 Å². The lowest BCUT2D eigenvalue weighted by Gasteiger charge is -2.06. The fourth-order valence-corrected chi connectivity index (χ4v) is 1.87. The highest BCUT2D eigenvalue weighted by atomic mass is 35.5. The summed E-state index contributed by atoms with van der Waals surface area (Å²) in [5, 5.41) is 0.610. The van der Waals surface area contributed by atoms with Crippen LogP contribution in [0.1, 0.15) is 15.9 Å². The average molecular weight is 291 g/mol. The summed E-state index contributed by atoms with van der Waals surface area (Å²) in [6.45, 7) is 0.412. The van der Waals surface area contributed by atoms with Gasteiger partial charge >= 0.3 is 0 Å². The van der Waals surface area contributed by atoms with Crippen LogP contribution in [0.3, 0.4) is 0 Å². The van der Waals surface area contributed by atoms with Crippen LogP contribution in [-0.2, 0) is 11.3 Å². The van der Waals surface area contributed by atoms with Crippen LogP contribution in [0.15, 0.2) is 48.5 Å². The molecule has 0 aliphatic heterocycles. The number of rotatable bonds is 6. The first-order valence-electron chi connectivity index (χ1n) is 6.18. The minimum Gasteiger partial charge on any atom is -0.497 e. The van der Waals surface area contributed by atoms with Crippen molar-refractivity contribution in [2.45, 2.75) is 6.61 Å². The smallest absolute Gasteiger partial charge is 0.188 e. The third kappa shape index (κ3) is 4.08. The number of carbonyl (C=O) groups excluding carboxylic acids is 1. The summed E-state index contributed by atoms with van der Waals surface area (Å²) in [5.41, 5.74) is 1.56. The largest absolute Gasteiger partial charge is 0.497 e. The summed E-state index contributed by atoms with van der Waals surface area (Å²) in [7, 11) is 1.62. The summed E-state index contributed by atoms with van der Waals surface area (Å²) in [4.78, 5) is 11.9. The second-order valence-electron chi connectivity index (χ2n) is 4.27. The molecule has 0 saturated carbocycles. The third-order valence-electron chi connectivity index (χ3n) is 2.80. The fraction of sp³-hybridized carbons (Fsp3) is 0.188. The van der Waals surface area contributed by atoms with Gasteiger partial charge in [0.15, 0.2) is 5.78 Å². The van der Waals surface area contributed by atoms with Gasteiger partial charge in [0.25, 0.3) is 0 Å². The molecule has 0 heterocycles. The van der Waals surface area contributed by atoms with E-state index in [4.69, 9.17) is 21.1 Å². The molecule has 2 rings (SSSR count). The van der Waals surface area contributed by atoms with E-state index in [0.29, 0.717) is 17.2 Å². The summed E-state index contributed by atoms with van der Waals surface area (Å²) in [5.74, 6) is 0.708. The molecule has 20 heavy (non-hydrogen) atoms. The van der Waals surface area contributed by atoms with E-state index in [1.165, 1.54) is 0 Å². The molecule has 0 unspecified atom stereocenters. The van der Waals surface area contributed by atoms with Crippen molar-refractivity contribution in [1.82, 2.24) is 0 Å². The summed E-state index contributed by atoms with van der Waals surface area (Å²) in [6.07, 6.45) is 0. The number of carbonyl (C=O) groups is 1. The molecule has 3 nitrogen and oxygen atoms in total. The highest BCUT2D eigenvalue weighted by molar-refractivity contribution is 6.30. The van der Waals surface area contributed by atoms with Gasteiger partial charge in [0, 0.05) is 10.6 Å². The van der Waals surface area contributed by atoms with Crippen LogP contribution >= 0.6 is 11.6 Å². The lowest BCUT2D eigenvalue weighted by molar-refractivity contribution is 0.0726. The number of ketones is 1. The lowest BCUT2D eigenvalue weighted by atomic mass is 10.1. The Hall–Kier alpha value is -1.84. The lowest BCUT2D eigenvalue weighted by Crippen LogP contribution is -2.09. The topological polar surface area (TPSA) is 35.5 Å². The van der Waals surface area contributed by atoms with Crippen molar-refractivity contribution >= 4 is 17.4 Å². The Kier molecular flexibility index (Phi) is 5.16. The Morgan fingerprint density at radius 2 is 1.90 bits per heavy atom. The maximum absolute atomic E-state index is 11.9. The number of benzene rings is 2. The van der Waals surface area contributed by atoms with E-state index in [1.807, 2.05) is 24.3 Å². The van der Waals surface area contributed by atoms with Crippen LogP contribution in [0, 0.1) is 0 Å². The first-order chi connectivity index (χ1) is 9.69. The SMILES string of the molecule is COc1cccc(COCC(=O)c2ccc(Cl)cc2)c1. The highest BCUT2D eigenvalue weighted by Gasteiger charge is 2.06. The molecule has 4 heteroatoms. The van der Waals surface area contributed by atoms with Gasteiger partial charge in [-0.15, -0.1) is 0 Å². The zero-order valence-corrected chi connectivity index (χ0v) is 11.9.